The summed E-state index contributed by atoms with van der Waals surface area (Å²) in [6, 6.07) is 10.5. The highest BCUT2D eigenvalue weighted by Gasteiger charge is 2.25. The summed E-state index contributed by atoms with van der Waals surface area (Å²) in [4.78, 5) is 10.9. The highest BCUT2D eigenvalue weighted by molar-refractivity contribution is 5.73. The fraction of sp³-hybridized carbons (Fsp3) is 0.533. The van der Waals surface area contributed by atoms with E-state index in [9.17, 15) is 4.79 Å². The number of benzene rings is 1. The minimum Gasteiger partial charge on any atom is -0.480 e. The van der Waals surface area contributed by atoms with E-state index in [0.29, 0.717) is 6.04 Å². The molecule has 2 rings (SSSR count). The first-order valence-electron chi connectivity index (χ1n) is 6.78. The topological polar surface area (TPSA) is 49.3 Å². The Labute approximate surface area is 108 Å². The van der Waals surface area contributed by atoms with Gasteiger partial charge in [0.05, 0.1) is 0 Å². The number of carboxylic acids is 1. The van der Waals surface area contributed by atoms with Crippen molar-refractivity contribution in [1.29, 1.82) is 0 Å². The zero-order valence-corrected chi connectivity index (χ0v) is 10.6. The number of rotatable bonds is 5. The molecule has 1 fully saturated rings. The molecule has 0 radical (unpaired) electrons. The van der Waals surface area contributed by atoms with Gasteiger partial charge in [0, 0.05) is 6.04 Å². The third kappa shape index (κ3) is 3.84. The molecule has 1 heterocycles. The van der Waals surface area contributed by atoms with E-state index in [-0.39, 0.29) is 6.04 Å². The molecule has 0 spiro atoms. The van der Waals surface area contributed by atoms with E-state index >= 15 is 0 Å². The predicted molar refractivity (Wildman–Crippen MR) is 71.6 cm³/mol. The fourth-order valence-electron chi connectivity index (χ4n) is 2.64. The van der Waals surface area contributed by atoms with Crippen LogP contribution < -0.4 is 5.32 Å². The molecule has 3 nitrogen and oxygen atoms in total. The van der Waals surface area contributed by atoms with E-state index in [1.807, 2.05) is 6.07 Å². The molecule has 98 valence electrons. The van der Waals surface area contributed by atoms with Crippen molar-refractivity contribution in [1.82, 2.24) is 5.32 Å². The molecule has 18 heavy (non-hydrogen) atoms. The Morgan fingerprint density at radius 2 is 2.06 bits per heavy atom. The Morgan fingerprint density at radius 1 is 1.28 bits per heavy atom. The van der Waals surface area contributed by atoms with Gasteiger partial charge in [-0.05, 0) is 44.1 Å². The molecule has 1 aliphatic rings. The quantitative estimate of drug-likeness (QED) is 0.841. The van der Waals surface area contributed by atoms with Crippen LogP contribution in [-0.2, 0) is 11.2 Å². The van der Waals surface area contributed by atoms with Crippen LogP contribution in [-0.4, -0.2) is 23.2 Å². The molecule has 0 saturated carbocycles. The fourth-order valence-corrected chi connectivity index (χ4v) is 2.64. The van der Waals surface area contributed by atoms with Gasteiger partial charge in [-0.2, -0.15) is 0 Å². The molecule has 0 aromatic heterocycles. The average Bonchev–Trinajstić information content (AvgIpc) is 2.40. The van der Waals surface area contributed by atoms with Crippen molar-refractivity contribution < 1.29 is 9.90 Å². The third-order valence-corrected chi connectivity index (χ3v) is 3.64. The van der Waals surface area contributed by atoms with Gasteiger partial charge < -0.3 is 10.4 Å². The van der Waals surface area contributed by atoms with Crippen LogP contribution in [0.25, 0.3) is 0 Å². The summed E-state index contributed by atoms with van der Waals surface area (Å²) in [7, 11) is 0. The van der Waals surface area contributed by atoms with E-state index in [0.717, 1.165) is 38.5 Å². The molecule has 2 unspecified atom stereocenters. The molecule has 1 aliphatic heterocycles. The molecule has 1 aromatic carbocycles. The van der Waals surface area contributed by atoms with Crippen LogP contribution >= 0.6 is 0 Å². The van der Waals surface area contributed by atoms with Gasteiger partial charge in [0.2, 0.25) is 0 Å². The first kappa shape index (κ1) is 13.1. The number of piperidine rings is 1. The lowest BCUT2D eigenvalue weighted by molar-refractivity contribution is -0.140. The number of aliphatic carboxylic acids is 1. The maximum atomic E-state index is 10.9. The summed E-state index contributed by atoms with van der Waals surface area (Å²) in [5.41, 5.74) is 1.36. The van der Waals surface area contributed by atoms with Crippen molar-refractivity contribution in [2.45, 2.75) is 50.6 Å². The molecule has 3 heteroatoms. The lowest BCUT2D eigenvalue weighted by atomic mass is 9.94. The number of hydrogen-bond donors (Lipinski definition) is 2. The zero-order chi connectivity index (χ0) is 12.8. The van der Waals surface area contributed by atoms with Gasteiger partial charge >= 0.3 is 5.97 Å². The molecule has 0 amide bonds. The Bertz CT molecular complexity index is 377. The Kier molecular flexibility index (Phi) is 4.76. The monoisotopic (exact) mass is 247 g/mol. The first-order valence-corrected chi connectivity index (χ1v) is 6.78. The summed E-state index contributed by atoms with van der Waals surface area (Å²) in [6.07, 6.45) is 6.17. The van der Waals surface area contributed by atoms with E-state index in [2.05, 4.69) is 29.6 Å². The first-order chi connectivity index (χ1) is 8.75. The summed E-state index contributed by atoms with van der Waals surface area (Å²) < 4.78 is 0. The van der Waals surface area contributed by atoms with Crippen LogP contribution in [0.4, 0.5) is 0 Å². The lowest BCUT2D eigenvalue weighted by Crippen LogP contribution is -2.46. The highest BCUT2D eigenvalue weighted by Crippen LogP contribution is 2.17. The van der Waals surface area contributed by atoms with Crippen LogP contribution in [0, 0.1) is 0 Å². The molecule has 2 N–H and O–H groups in total. The van der Waals surface area contributed by atoms with Crippen LogP contribution in [0.5, 0.6) is 0 Å². The maximum absolute atomic E-state index is 10.9. The van der Waals surface area contributed by atoms with Crippen LogP contribution in [0.1, 0.15) is 37.7 Å². The number of hydrogen-bond acceptors (Lipinski definition) is 2. The lowest BCUT2D eigenvalue weighted by Gasteiger charge is -2.28. The van der Waals surface area contributed by atoms with Crippen LogP contribution in [0.2, 0.25) is 0 Å². The molecule has 1 saturated heterocycles. The second-order valence-electron chi connectivity index (χ2n) is 5.06. The number of nitrogens with one attached hydrogen (secondary N) is 1. The molecule has 1 aromatic rings. The van der Waals surface area contributed by atoms with E-state index in [4.69, 9.17) is 5.11 Å². The Morgan fingerprint density at radius 3 is 2.78 bits per heavy atom. The second-order valence-corrected chi connectivity index (χ2v) is 5.06. The Hall–Kier alpha value is -1.35. The highest BCUT2D eigenvalue weighted by atomic mass is 16.4. The van der Waals surface area contributed by atoms with Gasteiger partial charge in [-0.15, -0.1) is 0 Å². The van der Waals surface area contributed by atoms with Gasteiger partial charge in [-0.1, -0.05) is 30.3 Å². The molecule has 0 bridgehead atoms. The van der Waals surface area contributed by atoms with Crippen LogP contribution in [0.3, 0.4) is 0 Å². The smallest absolute Gasteiger partial charge is 0.320 e. The summed E-state index contributed by atoms with van der Waals surface area (Å²) in [5, 5.41) is 12.2. The van der Waals surface area contributed by atoms with E-state index in [1.54, 1.807) is 0 Å². The minimum atomic E-state index is -0.706. The van der Waals surface area contributed by atoms with Gasteiger partial charge in [0.25, 0.3) is 0 Å². The standard InChI is InChI=1S/C15H21NO2/c17-15(18)14-11-5-10-13(16-14)9-4-8-12-6-2-1-3-7-12/h1-3,6-7,13-14,16H,4-5,8-11H2,(H,17,18). The van der Waals surface area contributed by atoms with Gasteiger partial charge in [-0.3, -0.25) is 4.79 Å². The number of carboxylic acid groups (broad SMARTS) is 1. The minimum absolute atomic E-state index is 0.333. The van der Waals surface area contributed by atoms with E-state index in [1.165, 1.54) is 5.56 Å². The SMILES string of the molecule is O=C(O)C1CCCC(CCCc2ccccc2)N1. The Balaban J connectivity index is 1.72. The normalized spacial score (nSPS) is 23.8. The average molecular weight is 247 g/mol. The molecule has 2 atom stereocenters. The summed E-state index contributed by atoms with van der Waals surface area (Å²) in [6.45, 7) is 0. The summed E-state index contributed by atoms with van der Waals surface area (Å²) >= 11 is 0. The maximum Gasteiger partial charge on any atom is 0.320 e. The van der Waals surface area contributed by atoms with Crippen molar-refractivity contribution in [3.63, 3.8) is 0 Å². The van der Waals surface area contributed by atoms with Gasteiger partial charge in [-0.25, -0.2) is 0 Å². The number of aryl methyl sites for hydroxylation is 1. The van der Waals surface area contributed by atoms with E-state index < -0.39 is 5.97 Å². The van der Waals surface area contributed by atoms with Crippen molar-refractivity contribution in [2.24, 2.45) is 0 Å². The predicted octanol–water partition coefficient (Wildman–Crippen LogP) is 2.60. The second kappa shape index (κ2) is 6.55. The zero-order valence-electron chi connectivity index (χ0n) is 10.6. The molecular weight excluding hydrogens is 226 g/mol. The largest absolute Gasteiger partial charge is 0.480 e. The molecule has 0 aliphatic carbocycles. The van der Waals surface area contributed by atoms with Crippen molar-refractivity contribution in [3.8, 4) is 0 Å². The summed E-state index contributed by atoms with van der Waals surface area (Å²) in [5.74, 6) is -0.706. The van der Waals surface area contributed by atoms with Crippen LogP contribution in [0.15, 0.2) is 30.3 Å². The van der Waals surface area contributed by atoms with Gasteiger partial charge in [0.15, 0.2) is 0 Å². The van der Waals surface area contributed by atoms with Crippen molar-refractivity contribution in [2.75, 3.05) is 0 Å². The molecular formula is C15H21NO2. The van der Waals surface area contributed by atoms with Gasteiger partial charge in [0.1, 0.15) is 6.04 Å². The van der Waals surface area contributed by atoms with Crippen molar-refractivity contribution in [3.05, 3.63) is 35.9 Å². The van der Waals surface area contributed by atoms with Crippen molar-refractivity contribution >= 4 is 5.97 Å². The third-order valence-electron chi connectivity index (χ3n) is 3.64. The number of carbonyl (C=O) groups is 1.